The van der Waals surface area contributed by atoms with Crippen LogP contribution in [0.25, 0.3) is 0 Å². The second-order valence-electron chi connectivity index (χ2n) is 3.42. The van der Waals surface area contributed by atoms with Gasteiger partial charge in [0.15, 0.2) is 0 Å². The Hall–Kier alpha value is -0.410. The predicted octanol–water partition coefficient (Wildman–Crippen LogP) is 1.69. The van der Waals surface area contributed by atoms with Crippen LogP contribution >= 0.6 is 0 Å². The first-order valence-corrected chi connectivity index (χ1v) is 4.88. The van der Waals surface area contributed by atoms with Gasteiger partial charge in [0, 0.05) is 12.8 Å². The Labute approximate surface area is 81.6 Å². The van der Waals surface area contributed by atoms with Gasteiger partial charge in [0.2, 0.25) is 0 Å². The molecule has 13 heavy (non-hydrogen) atoms. The van der Waals surface area contributed by atoms with Gasteiger partial charge in [0.1, 0.15) is 6.23 Å². The van der Waals surface area contributed by atoms with Crippen LogP contribution in [0.1, 0.15) is 27.7 Å². The molecule has 0 aliphatic carbocycles. The lowest BCUT2D eigenvalue weighted by molar-refractivity contribution is 0.0830. The van der Waals surface area contributed by atoms with Crippen molar-refractivity contribution in [1.82, 2.24) is 5.32 Å². The van der Waals surface area contributed by atoms with Crippen LogP contribution in [0.15, 0.2) is 4.99 Å². The molecule has 0 aliphatic heterocycles. The van der Waals surface area contributed by atoms with Crippen molar-refractivity contribution in [1.29, 1.82) is 0 Å². The van der Waals surface area contributed by atoms with E-state index in [1.807, 2.05) is 0 Å². The zero-order valence-corrected chi connectivity index (χ0v) is 9.42. The van der Waals surface area contributed by atoms with Crippen molar-refractivity contribution in [2.75, 3.05) is 20.2 Å². The van der Waals surface area contributed by atoms with E-state index < -0.39 is 0 Å². The van der Waals surface area contributed by atoms with Crippen LogP contribution in [0.3, 0.4) is 0 Å². The zero-order chi connectivity index (χ0) is 10.3. The Morgan fingerprint density at radius 3 is 2.46 bits per heavy atom. The van der Waals surface area contributed by atoms with Gasteiger partial charge in [0.05, 0.1) is 6.54 Å². The number of nitrogens with zero attached hydrogens (tertiary/aromatic N) is 1. The Balaban J connectivity index is 3.88. The smallest absolute Gasteiger partial charge is 0.127 e. The van der Waals surface area contributed by atoms with E-state index in [9.17, 15) is 0 Å². The number of ether oxygens (including phenoxy) is 1. The molecule has 1 N–H and O–H groups in total. The average molecular weight is 186 g/mol. The van der Waals surface area contributed by atoms with E-state index in [0.717, 1.165) is 6.54 Å². The molecule has 1 atom stereocenters. The molecule has 0 heterocycles. The molecule has 0 saturated heterocycles. The normalized spacial score (nSPS) is 15.1. The lowest BCUT2D eigenvalue weighted by Crippen LogP contribution is -2.33. The molecule has 0 amide bonds. The number of nitrogens with one attached hydrogen (secondary N) is 1. The number of rotatable bonds is 6. The summed E-state index contributed by atoms with van der Waals surface area (Å²) in [6.45, 7) is 10.0. The molecule has 0 aromatic heterocycles. The van der Waals surface area contributed by atoms with Gasteiger partial charge in [-0.25, -0.2) is 0 Å². The van der Waals surface area contributed by atoms with Gasteiger partial charge in [-0.3, -0.25) is 10.3 Å². The van der Waals surface area contributed by atoms with Crippen molar-refractivity contribution in [2.24, 2.45) is 10.9 Å². The summed E-state index contributed by atoms with van der Waals surface area (Å²) < 4.78 is 5.20. The summed E-state index contributed by atoms with van der Waals surface area (Å²) in [6, 6.07) is 0. The molecule has 1 unspecified atom stereocenters. The number of hydrogen-bond donors (Lipinski definition) is 1. The fourth-order valence-electron chi connectivity index (χ4n) is 0.860. The Kier molecular flexibility index (Phi) is 6.82. The van der Waals surface area contributed by atoms with Crippen LogP contribution in [-0.4, -0.2) is 32.1 Å². The van der Waals surface area contributed by atoms with Crippen molar-refractivity contribution < 1.29 is 4.74 Å². The molecule has 3 nitrogen and oxygen atoms in total. The minimum Gasteiger partial charge on any atom is -0.365 e. The first kappa shape index (κ1) is 12.6. The number of aliphatic imine (C=N–C) groups is 1. The van der Waals surface area contributed by atoms with Crippen LogP contribution in [0, 0.1) is 5.92 Å². The van der Waals surface area contributed by atoms with E-state index >= 15 is 0 Å². The van der Waals surface area contributed by atoms with E-state index in [2.05, 4.69) is 38.0 Å². The monoisotopic (exact) mass is 186 g/mol. The van der Waals surface area contributed by atoms with Gasteiger partial charge in [-0.2, -0.15) is 0 Å². The molecule has 0 fully saturated rings. The maximum Gasteiger partial charge on any atom is 0.127 e. The number of hydrogen-bond acceptors (Lipinski definition) is 3. The highest BCUT2D eigenvalue weighted by Crippen LogP contribution is 1.97. The minimum atomic E-state index is 0.0544. The first-order valence-electron chi connectivity index (χ1n) is 4.88. The Morgan fingerprint density at radius 2 is 2.08 bits per heavy atom. The van der Waals surface area contributed by atoms with Crippen molar-refractivity contribution in [3.8, 4) is 0 Å². The maximum atomic E-state index is 5.20. The lowest BCUT2D eigenvalue weighted by atomic mass is 10.1. The molecular formula is C10H22N2O. The summed E-state index contributed by atoms with van der Waals surface area (Å²) in [5.41, 5.74) is 1.18. The van der Waals surface area contributed by atoms with Gasteiger partial charge < -0.3 is 4.74 Å². The summed E-state index contributed by atoms with van der Waals surface area (Å²) in [6.07, 6.45) is 0.0544. The predicted molar refractivity (Wildman–Crippen MR) is 57.3 cm³/mol. The van der Waals surface area contributed by atoms with Crippen LogP contribution < -0.4 is 5.32 Å². The molecule has 0 aliphatic rings. The third kappa shape index (κ3) is 5.77. The van der Waals surface area contributed by atoms with Gasteiger partial charge in [0.25, 0.3) is 0 Å². The summed E-state index contributed by atoms with van der Waals surface area (Å²) in [7, 11) is 1.70. The number of likely N-dealkylation sites (N-methyl/N-ethyl adjacent to an activating group) is 1. The molecule has 0 aromatic carbocycles. The van der Waals surface area contributed by atoms with Gasteiger partial charge >= 0.3 is 0 Å². The summed E-state index contributed by atoms with van der Waals surface area (Å²) >= 11 is 0. The topological polar surface area (TPSA) is 33.6 Å². The van der Waals surface area contributed by atoms with E-state index in [4.69, 9.17) is 4.74 Å². The van der Waals surface area contributed by atoms with E-state index in [-0.39, 0.29) is 6.23 Å². The Morgan fingerprint density at radius 1 is 1.46 bits per heavy atom. The fourth-order valence-corrected chi connectivity index (χ4v) is 0.860. The quantitative estimate of drug-likeness (QED) is 0.506. The molecule has 0 radical (unpaired) electrons. The van der Waals surface area contributed by atoms with Crippen LogP contribution in [-0.2, 0) is 4.74 Å². The summed E-state index contributed by atoms with van der Waals surface area (Å²) in [5, 5.41) is 3.20. The van der Waals surface area contributed by atoms with Crippen molar-refractivity contribution in [2.45, 2.75) is 33.9 Å². The highest BCUT2D eigenvalue weighted by Gasteiger charge is 2.04. The molecular weight excluding hydrogens is 164 g/mol. The summed E-state index contributed by atoms with van der Waals surface area (Å²) in [5.74, 6) is 0.527. The van der Waals surface area contributed by atoms with Gasteiger partial charge in [-0.05, 0) is 19.4 Å². The number of methoxy groups -OCH3 is 1. The molecule has 78 valence electrons. The highest BCUT2D eigenvalue weighted by atomic mass is 16.5. The first-order chi connectivity index (χ1) is 6.11. The highest BCUT2D eigenvalue weighted by molar-refractivity contribution is 5.83. The maximum absolute atomic E-state index is 5.20. The van der Waals surface area contributed by atoms with E-state index in [1.165, 1.54) is 5.71 Å². The summed E-state index contributed by atoms with van der Waals surface area (Å²) in [4.78, 5) is 4.44. The minimum absolute atomic E-state index is 0.0544. The van der Waals surface area contributed by atoms with Gasteiger partial charge in [-0.15, -0.1) is 0 Å². The van der Waals surface area contributed by atoms with E-state index in [1.54, 1.807) is 7.11 Å². The zero-order valence-electron chi connectivity index (χ0n) is 9.42. The standard InChI is InChI=1S/C10H22N2O/c1-6-11-10(13-5)7-12-9(4)8(2)3/h8,10-11H,6-7H2,1-5H3. The van der Waals surface area contributed by atoms with Gasteiger partial charge in [-0.1, -0.05) is 20.8 Å². The third-order valence-electron chi connectivity index (χ3n) is 2.06. The van der Waals surface area contributed by atoms with E-state index in [0.29, 0.717) is 12.5 Å². The molecule has 0 rings (SSSR count). The molecule has 0 saturated carbocycles. The fraction of sp³-hybridized carbons (Fsp3) is 0.900. The van der Waals surface area contributed by atoms with Crippen molar-refractivity contribution >= 4 is 5.71 Å². The van der Waals surface area contributed by atoms with Crippen molar-refractivity contribution in [3.63, 3.8) is 0 Å². The molecule has 0 spiro atoms. The third-order valence-corrected chi connectivity index (χ3v) is 2.06. The second-order valence-corrected chi connectivity index (χ2v) is 3.42. The molecule has 0 aromatic rings. The molecule has 3 heteroatoms. The van der Waals surface area contributed by atoms with Crippen LogP contribution in [0.5, 0.6) is 0 Å². The average Bonchev–Trinajstić information content (AvgIpc) is 2.11. The van der Waals surface area contributed by atoms with Crippen LogP contribution in [0.4, 0.5) is 0 Å². The SMILES string of the molecule is CCNC(CN=C(C)C(C)C)OC. The van der Waals surface area contributed by atoms with Crippen molar-refractivity contribution in [3.05, 3.63) is 0 Å². The second kappa shape index (κ2) is 7.04. The Bertz CT molecular complexity index is 155. The largest absolute Gasteiger partial charge is 0.365 e. The van der Waals surface area contributed by atoms with Crippen LogP contribution in [0.2, 0.25) is 0 Å². The lowest BCUT2D eigenvalue weighted by Gasteiger charge is -2.14. The molecule has 0 bridgehead atoms.